The number of carbonyl (C=O) groups excluding carboxylic acids is 2. The number of aliphatic hydroxyl groups is 1. The van der Waals surface area contributed by atoms with Gasteiger partial charge in [0.05, 0.1) is 43.8 Å². The van der Waals surface area contributed by atoms with Gasteiger partial charge in [0.2, 0.25) is 5.91 Å². The summed E-state index contributed by atoms with van der Waals surface area (Å²) in [5, 5.41) is 15.9. The number of hydrogen-bond acceptors (Lipinski definition) is 8. The van der Waals surface area contributed by atoms with Crippen LogP contribution >= 0.6 is 0 Å². The van der Waals surface area contributed by atoms with Gasteiger partial charge in [-0.25, -0.2) is 9.78 Å². The first kappa shape index (κ1) is 24.5. The number of fused-ring (bicyclic) bond motifs is 1. The fourth-order valence-electron chi connectivity index (χ4n) is 4.14. The summed E-state index contributed by atoms with van der Waals surface area (Å²) in [4.78, 5) is 30.2. The first-order valence-corrected chi connectivity index (χ1v) is 11.6. The summed E-state index contributed by atoms with van der Waals surface area (Å²) in [6.45, 7) is 3.97. The molecule has 2 aromatic heterocycles. The molecule has 35 heavy (non-hydrogen) atoms. The molecule has 10 nitrogen and oxygen atoms in total. The van der Waals surface area contributed by atoms with Crippen molar-refractivity contribution in [1.29, 1.82) is 0 Å². The smallest absolute Gasteiger partial charge is 0.356 e. The molecule has 4 rings (SSSR count). The van der Waals surface area contributed by atoms with Gasteiger partial charge in [0, 0.05) is 25.1 Å². The molecular formula is C25H30N4O6. The molecule has 3 aromatic rings. The quantitative estimate of drug-likeness (QED) is 0.377. The Bertz CT molecular complexity index is 1200. The van der Waals surface area contributed by atoms with E-state index in [0.29, 0.717) is 55.2 Å². The minimum atomic E-state index is -0.544. The third-order valence-corrected chi connectivity index (χ3v) is 5.90. The summed E-state index contributed by atoms with van der Waals surface area (Å²) in [6, 6.07) is 9.44. The molecule has 0 bridgehead atoms. The highest BCUT2D eigenvalue weighted by Gasteiger charge is 2.29. The van der Waals surface area contributed by atoms with E-state index >= 15 is 0 Å². The molecule has 1 amide bonds. The maximum Gasteiger partial charge on any atom is 0.356 e. The van der Waals surface area contributed by atoms with Crippen molar-refractivity contribution in [1.82, 2.24) is 9.55 Å². The summed E-state index contributed by atoms with van der Waals surface area (Å²) in [5.41, 5.74) is 2.94. The Morgan fingerprint density at radius 1 is 1.31 bits per heavy atom. The van der Waals surface area contributed by atoms with Crippen molar-refractivity contribution in [2.75, 3.05) is 44.2 Å². The van der Waals surface area contributed by atoms with Gasteiger partial charge < -0.3 is 34.5 Å². The minimum Gasteiger partial charge on any atom is -0.491 e. The molecule has 0 radical (unpaired) electrons. The second-order valence-corrected chi connectivity index (χ2v) is 8.18. The molecule has 3 heterocycles. The van der Waals surface area contributed by atoms with Gasteiger partial charge in [0.15, 0.2) is 5.69 Å². The minimum absolute atomic E-state index is 0.0498. The van der Waals surface area contributed by atoms with E-state index in [4.69, 9.17) is 19.3 Å². The van der Waals surface area contributed by atoms with Crippen LogP contribution in [0.15, 0.2) is 36.5 Å². The fourth-order valence-corrected chi connectivity index (χ4v) is 4.14. The zero-order chi connectivity index (χ0) is 24.8. The van der Waals surface area contributed by atoms with Crippen LogP contribution in [-0.2, 0) is 27.4 Å². The summed E-state index contributed by atoms with van der Waals surface area (Å²) in [6.07, 6.45) is 2.33. The molecule has 10 heteroatoms. The summed E-state index contributed by atoms with van der Waals surface area (Å²) in [7, 11) is 1.31. The standard InChI is InChI=1S/C25H30N4O6/c1-3-29-22(25(32)33-2)21(28-24(31)17-7-9-34-15-17)20-12-18(14-27-23(20)29)26-13-16-5-4-6-19(11-16)35-10-8-30/h4-6,11-12,14,17,26,30H,3,7-10,13,15H2,1-2H3,(H,28,31)/t17-/m1/s1. The number of aryl methyl sites for hydroxylation is 1. The molecule has 0 saturated carbocycles. The third-order valence-electron chi connectivity index (χ3n) is 5.90. The van der Waals surface area contributed by atoms with E-state index in [-0.39, 0.29) is 30.7 Å². The van der Waals surface area contributed by atoms with E-state index in [1.807, 2.05) is 37.3 Å². The molecule has 0 aliphatic carbocycles. The van der Waals surface area contributed by atoms with Gasteiger partial charge in [-0.2, -0.15) is 0 Å². The number of amides is 1. The van der Waals surface area contributed by atoms with Crippen LogP contribution < -0.4 is 15.4 Å². The SMILES string of the molecule is CCn1c(C(=O)OC)c(NC(=O)[C@@H]2CCOC2)c2cc(NCc3cccc(OCCO)c3)cnc21. The Balaban J connectivity index is 1.64. The number of anilines is 2. The van der Waals surface area contributed by atoms with Crippen LogP contribution in [0.1, 0.15) is 29.4 Å². The lowest BCUT2D eigenvalue weighted by atomic mass is 10.1. The van der Waals surface area contributed by atoms with Crippen LogP contribution in [-0.4, -0.2) is 60.1 Å². The van der Waals surface area contributed by atoms with E-state index in [0.717, 1.165) is 11.3 Å². The molecule has 0 spiro atoms. The highest BCUT2D eigenvalue weighted by molar-refractivity contribution is 6.11. The molecule has 1 aliphatic heterocycles. The molecule has 1 atom stereocenters. The monoisotopic (exact) mass is 482 g/mol. The number of methoxy groups -OCH3 is 1. The van der Waals surface area contributed by atoms with Gasteiger partial charge in [-0.3, -0.25) is 4.79 Å². The average Bonchev–Trinajstić information content (AvgIpc) is 3.53. The Morgan fingerprint density at radius 2 is 2.17 bits per heavy atom. The number of pyridine rings is 1. The fraction of sp³-hybridized carbons (Fsp3) is 0.400. The number of nitrogens with one attached hydrogen (secondary N) is 2. The number of benzene rings is 1. The van der Waals surface area contributed by atoms with Crippen molar-refractivity contribution in [2.24, 2.45) is 5.92 Å². The van der Waals surface area contributed by atoms with Gasteiger partial charge in [-0.15, -0.1) is 0 Å². The van der Waals surface area contributed by atoms with Crippen molar-refractivity contribution < 1.29 is 28.9 Å². The van der Waals surface area contributed by atoms with Gasteiger partial charge in [0.25, 0.3) is 0 Å². The largest absolute Gasteiger partial charge is 0.491 e. The van der Waals surface area contributed by atoms with E-state index in [1.54, 1.807) is 10.8 Å². The normalized spacial score (nSPS) is 15.2. The second kappa shape index (κ2) is 11.2. The van der Waals surface area contributed by atoms with Crippen molar-refractivity contribution in [3.05, 3.63) is 47.8 Å². The number of rotatable bonds is 10. The average molecular weight is 483 g/mol. The van der Waals surface area contributed by atoms with Crippen LogP contribution in [0.5, 0.6) is 5.75 Å². The molecule has 1 aliphatic rings. The molecule has 1 saturated heterocycles. The lowest BCUT2D eigenvalue weighted by Crippen LogP contribution is -2.24. The van der Waals surface area contributed by atoms with Crippen molar-refractivity contribution in [3.63, 3.8) is 0 Å². The van der Waals surface area contributed by atoms with Crippen LogP contribution in [0.4, 0.5) is 11.4 Å². The molecular weight excluding hydrogens is 452 g/mol. The summed E-state index contributed by atoms with van der Waals surface area (Å²) < 4.78 is 17.6. The van der Waals surface area contributed by atoms with Crippen LogP contribution in [0.3, 0.4) is 0 Å². The Kier molecular flexibility index (Phi) is 7.84. The van der Waals surface area contributed by atoms with E-state index in [9.17, 15) is 9.59 Å². The number of ether oxygens (including phenoxy) is 3. The number of carbonyl (C=O) groups is 2. The number of esters is 1. The van der Waals surface area contributed by atoms with Crippen molar-refractivity contribution in [3.8, 4) is 5.75 Å². The van der Waals surface area contributed by atoms with E-state index in [1.165, 1.54) is 7.11 Å². The topological polar surface area (TPSA) is 124 Å². The lowest BCUT2D eigenvalue weighted by molar-refractivity contribution is -0.119. The maximum atomic E-state index is 12.9. The number of hydrogen-bond donors (Lipinski definition) is 3. The van der Waals surface area contributed by atoms with Crippen LogP contribution in [0.2, 0.25) is 0 Å². The van der Waals surface area contributed by atoms with E-state index in [2.05, 4.69) is 15.6 Å². The van der Waals surface area contributed by atoms with Gasteiger partial charge >= 0.3 is 5.97 Å². The zero-order valence-corrected chi connectivity index (χ0v) is 19.9. The predicted octanol–water partition coefficient (Wildman–Crippen LogP) is 2.80. The molecule has 0 unspecified atom stereocenters. The lowest BCUT2D eigenvalue weighted by Gasteiger charge is -2.11. The zero-order valence-electron chi connectivity index (χ0n) is 19.9. The summed E-state index contributed by atoms with van der Waals surface area (Å²) in [5.74, 6) is -0.330. The Hall–Kier alpha value is -3.63. The van der Waals surface area contributed by atoms with Gasteiger partial charge in [0.1, 0.15) is 18.0 Å². The molecule has 3 N–H and O–H groups in total. The maximum absolute atomic E-state index is 12.9. The van der Waals surface area contributed by atoms with E-state index < -0.39 is 5.97 Å². The number of nitrogens with zero attached hydrogens (tertiary/aromatic N) is 2. The van der Waals surface area contributed by atoms with Gasteiger partial charge in [-0.05, 0) is 37.1 Å². The van der Waals surface area contributed by atoms with Gasteiger partial charge in [-0.1, -0.05) is 12.1 Å². The number of aromatic nitrogens is 2. The van der Waals surface area contributed by atoms with Crippen LogP contribution in [0, 0.1) is 5.92 Å². The highest BCUT2D eigenvalue weighted by Crippen LogP contribution is 2.33. The van der Waals surface area contributed by atoms with Crippen LogP contribution in [0.25, 0.3) is 11.0 Å². The third kappa shape index (κ3) is 5.39. The molecule has 186 valence electrons. The first-order valence-electron chi connectivity index (χ1n) is 11.6. The predicted molar refractivity (Wildman–Crippen MR) is 131 cm³/mol. The highest BCUT2D eigenvalue weighted by atomic mass is 16.5. The number of aliphatic hydroxyl groups excluding tert-OH is 1. The Morgan fingerprint density at radius 3 is 2.89 bits per heavy atom. The second-order valence-electron chi connectivity index (χ2n) is 8.18. The molecule has 1 fully saturated rings. The molecule has 1 aromatic carbocycles. The first-order chi connectivity index (χ1) is 17.0. The van der Waals surface area contributed by atoms with Crippen molar-refractivity contribution >= 4 is 34.3 Å². The Labute approximate surface area is 203 Å². The summed E-state index contributed by atoms with van der Waals surface area (Å²) >= 11 is 0. The van der Waals surface area contributed by atoms with Crippen molar-refractivity contribution in [2.45, 2.75) is 26.4 Å².